The van der Waals surface area contributed by atoms with Crippen LogP contribution in [0.4, 0.5) is 4.79 Å². The molecule has 1 aromatic heterocycles. The first-order valence-electron chi connectivity index (χ1n) is 6.16. The summed E-state index contributed by atoms with van der Waals surface area (Å²) in [5.41, 5.74) is 1.05. The fraction of sp³-hybridized carbons (Fsp3) is 0.286. The fourth-order valence-electron chi connectivity index (χ4n) is 1.66. The van der Waals surface area contributed by atoms with Gasteiger partial charge in [-0.3, -0.25) is 0 Å². The van der Waals surface area contributed by atoms with Crippen molar-refractivity contribution in [3.63, 3.8) is 0 Å². The van der Waals surface area contributed by atoms with E-state index in [0.717, 1.165) is 11.3 Å². The van der Waals surface area contributed by atoms with Crippen LogP contribution in [0.2, 0.25) is 0 Å². The maximum absolute atomic E-state index is 11.7. The maximum atomic E-state index is 11.7. The molecule has 5 heteroatoms. The van der Waals surface area contributed by atoms with Gasteiger partial charge < -0.3 is 15.1 Å². The zero-order chi connectivity index (χ0) is 13.7. The number of hydrogen-bond acceptors (Lipinski definition) is 3. The van der Waals surface area contributed by atoms with E-state index in [1.807, 2.05) is 44.2 Å². The number of carbonyl (C=O) groups excluding carboxylic acids is 1. The summed E-state index contributed by atoms with van der Waals surface area (Å²) in [7, 11) is 0. The molecule has 1 unspecified atom stereocenters. The first kappa shape index (κ1) is 13.1. The van der Waals surface area contributed by atoms with E-state index in [1.54, 1.807) is 6.20 Å². The molecular formula is C14H17N3O2. The normalized spacial score (nSPS) is 11.9. The van der Waals surface area contributed by atoms with E-state index in [2.05, 4.69) is 15.6 Å². The van der Waals surface area contributed by atoms with E-state index in [1.165, 1.54) is 0 Å². The zero-order valence-electron chi connectivity index (χ0n) is 11.0. The van der Waals surface area contributed by atoms with Crippen molar-refractivity contribution < 1.29 is 9.21 Å². The van der Waals surface area contributed by atoms with Crippen molar-refractivity contribution in [3.05, 3.63) is 53.7 Å². The number of carbonyl (C=O) groups is 1. The average Bonchev–Trinajstić information content (AvgIpc) is 2.84. The third kappa shape index (κ3) is 3.84. The van der Waals surface area contributed by atoms with Gasteiger partial charge in [-0.2, -0.15) is 0 Å². The molecule has 0 aliphatic rings. The number of aromatic nitrogens is 1. The number of rotatable bonds is 4. The Bertz CT molecular complexity index is 537. The molecule has 0 saturated carbocycles. The van der Waals surface area contributed by atoms with Crippen molar-refractivity contribution in [2.75, 3.05) is 0 Å². The third-order valence-electron chi connectivity index (χ3n) is 2.65. The lowest BCUT2D eigenvalue weighted by Gasteiger charge is -2.11. The Labute approximate surface area is 112 Å². The summed E-state index contributed by atoms with van der Waals surface area (Å²) >= 11 is 0. The lowest BCUT2D eigenvalue weighted by molar-refractivity contribution is 0.235. The molecule has 2 amide bonds. The molecule has 0 aliphatic carbocycles. The second kappa shape index (κ2) is 6.04. The lowest BCUT2D eigenvalue weighted by Crippen LogP contribution is -2.36. The Kier molecular flexibility index (Phi) is 4.18. The molecule has 0 saturated heterocycles. The van der Waals surface area contributed by atoms with Gasteiger partial charge >= 0.3 is 6.03 Å². The first-order valence-corrected chi connectivity index (χ1v) is 6.16. The molecule has 0 fully saturated rings. The number of hydrogen-bond donors (Lipinski definition) is 2. The van der Waals surface area contributed by atoms with Gasteiger partial charge in [0.05, 0.1) is 6.20 Å². The number of nitrogens with one attached hydrogen (secondary N) is 2. The average molecular weight is 259 g/mol. The summed E-state index contributed by atoms with van der Waals surface area (Å²) in [4.78, 5) is 15.8. The van der Waals surface area contributed by atoms with Crippen LogP contribution in [0.5, 0.6) is 0 Å². The van der Waals surface area contributed by atoms with Crippen molar-refractivity contribution >= 4 is 6.03 Å². The molecular weight excluding hydrogens is 242 g/mol. The van der Waals surface area contributed by atoms with Crippen LogP contribution in [0.25, 0.3) is 0 Å². The molecule has 2 rings (SSSR count). The van der Waals surface area contributed by atoms with Crippen molar-refractivity contribution in [1.29, 1.82) is 0 Å². The smallest absolute Gasteiger partial charge is 0.315 e. The molecule has 1 atom stereocenters. The quantitative estimate of drug-likeness (QED) is 0.886. The van der Waals surface area contributed by atoms with Gasteiger partial charge in [0.25, 0.3) is 0 Å². The van der Waals surface area contributed by atoms with Crippen molar-refractivity contribution in [2.45, 2.75) is 26.4 Å². The fourth-order valence-corrected chi connectivity index (χ4v) is 1.66. The molecule has 0 aliphatic heterocycles. The molecule has 2 N–H and O–H groups in total. The monoisotopic (exact) mass is 259 g/mol. The van der Waals surface area contributed by atoms with Gasteiger partial charge in [0, 0.05) is 6.54 Å². The lowest BCUT2D eigenvalue weighted by atomic mass is 10.2. The Hall–Kier alpha value is -2.30. The summed E-state index contributed by atoms with van der Waals surface area (Å²) < 4.78 is 5.36. The number of nitrogens with zero attached hydrogens (tertiary/aromatic N) is 1. The summed E-state index contributed by atoms with van der Waals surface area (Å²) in [6, 6.07) is 9.23. The highest BCUT2D eigenvalue weighted by Gasteiger charge is 2.13. The largest absolute Gasteiger partial charge is 0.444 e. The van der Waals surface area contributed by atoms with Crippen molar-refractivity contribution in [3.8, 4) is 0 Å². The first-order chi connectivity index (χ1) is 9.15. The number of aryl methyl sites for hydroxylation is 1. The van der Waals surface area contributed by atoms with Crippen LogP contribution < -0.4 is 10.6 Å². The molecule has 2 aromatic rings. The van der Waals surface area contributed by atoms with Gasteiger partial charge in [0.1, 0.15) is 11.8 Å². The SMILES string of the molecule is Cc1cnc(C(C)NC(=O)NCc2ccccc2)o1. The summed E-state index contributed by atoms with van der Waals surface area (Å²) in [6.45, 7) is 4.13. The predicted molar refractivity (Wildman–Crippen MR) is 71.5 cm³/mol. The molecule has 5 nitrogen and oxygen atoms in total. The van der Waals surface area contributed by atoms with Crippen LogP contribution >= 0.6 is 0 Å². The van der Waals surface area contributed by atoms with Gasteiger partial charge in [-0.1, -0.05) is 30.3 Å². The highest BCUT2D eigenvalue weighted by atomic mass is 16.4. The molecule has 19 heavy (non-hydrogen) atoms. The molecule has 0 bridgehead atoms. The van der Waals surface area contributed by atoms with Gasteiger partial charge in [-0.15, -0.1) is 0 Å². The standard InChI is InChI=1S/C14H17N3O2/c1-10-8-15-13(19-10)11(2)17-14(18)16-9-12-6-4-3-5-7-12/h3-8,11H,9H2,1-2H3,(H2,16,17,18). The molecule has 1 heterocycles. The van der Waals surface area contributed by atoms with E-state index in [-0.39, 0.29) is 12.1 Å². The highest BCUT2D eigenvalue weighted by Crippen LogP contribution is 2.11. The highest BCUT2D eigenvalue weighted by molar-refractivity contribution is 5.74. The summed E-state index contributed by atoms with van der Waals surface area (Å²) in [6.07, 6.45) is 1.63. The van der Waals surface area contributed by atoms with Crippen LogP contribution in [-0.2, 0) is 6.54 Å². The van der Waals surface area contributed by atoms with Gasteiger partial charge in [-0.05, 0) is 19.4 Å². The Morgan fingerprint density at radius 3 is 2.74 bits per heavy atom. The number of oxazole rings is 1. The van der Waals surface area contributed by atoms with E-state index >= 15 is 0 Å². The van der Waals surface area contributed by atoms with E-state index in [0.29, 0.717) is 12.4 Å². The number of urea groups is 1. The van der Waals surface area contributed by atoms with Crippen molar-refractivity contribution in [2.24, 2.45) is 0 Å². The van der Waals surface area contributed by atoms with Gasteiger partial charge in [-0.25, -0.2) is 9.78 Å². The Morgan fingerprint density at radius 1 is 1.37 bits per heavy atom. The maximum Gasteiger partial charge on any atom is 0.315 e. The minimum Gasteiger partial charge on any atom is -0.444 e. The molecule has 100 valence electrons. The van der Waals surface area contributed by atoms with E-state index in [9.17, 15) is 4.79 Å². The molecule has 0 spiro atoms. The topological polar surface area (TPSA) is 67.2 Å². The van der Waals surface area contributed by atoms with E-state index < -0.39 is 0 Å². The second-order valence-electron chi connectivity index (χ2n) is 4.34. The minimum atomic E-state index is -0.260. The minimum absolute atomic E-state index is 0.243. The van der Waals surface area contributed by atoms with Crippen molar-refractivity contribution in [1.82, 2.24) is 15.6 Å². The molecule has 0 radical (unpaired) electrons. The van der Waals surface area contributed by atoms with Crippen LogP contribution in [0.3, 0.4) is 0 Å². The predicted octanol–water partition coefficient (Wildman–Crippen LogP) is 2.54. The van der Waals surface area contributed by atoms with Crippen LogP contribution in [0, 0.1) is 6.92 Å². The number of benzene rings is 1. The molecule has 1 aromatic carbocycles. The van der Waals surface area contributed by atoms with Gasteiger partial charge in [0.2, 0.25) is 5.89 Å². The zero-order valence-corrected chi connectivity index (χ0v) is 11.0. The van der Waals surface area contributed by atoms with E-state index in [4.69, 9.17) is 4.42 Å². The second-order valence-corrected chi connectivity index (χ2v) is 4.34. The Balaban J connectivity index is 1.81. The van der Waals surface area contributed by atoms with Gasteiger partial charge in [0.15, 0.2) is 0 Å². The number of amides is 2. The Morgan fingerprint density at radius 2 is 2.11 bits per heavy atom. The van der Waals surface area contributed by atoms with Crippen LogP contribution in [0.15, 0.2) is 40.9 Å². The third-order valence-corrected chi connectivity index (χ3v) is 2.65. The van der Waals surface area contributed by atoms with Crippen LogP contribution in [0.1, 0.15) is 30.2 Å². The summed E-state index contributed by atoms with van der Waals surface area (Å²) in [5.74, 6) is 1.24. The van der Waals surface area contributed by atoms with Crippen LogP contribution in [-0.4, -0.2) is 11.0 Å². The summed E-state index contributed by atoms with van der Waals surface area (Å²) in [5, 5.41) is 5.56.